The lowest BCUT2D eigenvalue weighted by Crippen LogP contribution is -2.13. The van der Waals surface area contributed by atoms with E-state index in [1.165, 1.54) is 7.11 Å². The zero-order valence-corrected chi connectivity index (χ0v) is 10.8. The van der Waals surface area contributed by atoms with Crippen molar-refractivity contribution in [3.05, 3.63) is 29.6 Å². The summed E-state index contributed by atoms with van der Waals surface area (Å²) >= 11 is 1.58. The van der Waals surface area contributed by atoms with E-state index in [4.69, 9.17) is 0 Å². The Labute approximate surface area is 109 Å². The topological polar surface area (TPSA) is 55.4 Å². The lowest BCUT2D eigenvalue weighted by atomic mass is 10.2. The zero-order valence-electron chi connectivity index (χ0n) is 9.93. The van der Waals surface area contributed by atoms with E-state index in [0.717, 1.165) is 15.8 Å². The molecule has 0 saturated heterocycles. The van der Waals surface area contributed by atoms with Crippen LogP contribution < -0.4 is 5.32 Å². The van der Waals surface area contributed by atoms with Gasteiger partial charge in [-0.2, -0.15) is 0 Å². The van der Waals surface area contributed by atoms with Crippen molar-refractivity contribution in [1.29, 1.82) is 0 Å². The van der Waals surface area contributed by atoms with Crippen LogP contribution >= 0.6 is 11.3 Å². The van der Waals surface area contributed by atoms with E-state index in [9.17, 15) is 9.59 Å². The first kappa shape index (κ1) is 12.6. The number of nitrogens with one attached hydrogen (secondary N) is 1. The number of methoxy groups -OCH3 is 1. The summed E-state index contributed by atoms with van der Waals surface area (Å²) in [6.45, 7) is 0. The molecule has 1 aromatic carbocycles. The molecule has 0 aliphatic carbocycles. The maximum Gasteiger partial charge on any atom is 0.306 e. The Morgan fingerprint density at radius 2 is 2.06 bits per heavy atom. The minimum Gasteiger partial charge on any atom is -0.469 e. The SMILES string of the molecule is COC(=O)CCC(=O)Nc1csc2ccccc12. The molecule has 0 saturated carbocycles. The Morgan fingerprint density at radius 3 is 2.83 bits per heavy atom. The van der Waals surface area contributed by atoms with Gasteiger partial charge >= 0.3 is 5.97 Å². The second-order valence-corrected chi connectivity index (χ2v) is 4.68. The van der Waals surface area contributed by atoms with Gasteiger partial charge < -0.3 is 10.1 Å². The highest BCUT2D eigenvalue weighted by atomic mass is 32.1. The number of ether oxygens (including phenoxy) is 1. The number of amides is 1. The molecule has 5 heteroatoms. The summed E-state index contributed by atoms with van der Waals surface area (Å²) in [7, 11) is 1.31. The molecule has 0 bridgehead atoms. The second-order valence-electron chi connectivity index (χ2n) is 3.77. The van der Waals surface area contributed by atoms with Crippen molar-refractivity contribution in [1.82, 2.24) is 0 Å². The molecule has 1 aromatic heterocycles. The van der Waals surface area contributed by atoms with Crippen molar-refractivity contribution in [3.63, 3.8) is 0 Å². The summed E-state index contributed by atoms with van der Waals surface area (Å²) in [5.74, 6) is -0.552. The highest BCUT2D eigenvalue weighted by molar-refractivity contribution is 7.17. The number of hydrogen-bond donors (Lipinski definition) is 1. The third kappa shape index (κ3) is 2.87. The van der Waals surface area contributed by atoms with Crippen LogP contribution in [0.4, 0.5) is 5.69 Å². The standard InChI is InChI=1S/C13H13NO3S/c1-17-13(16)7-6-12(15)14-10-8-18-11-5-3-2-4-9(10)11/h2-5,8H,6-7H2,1H3,(H,14,15). The van der Waals surface area contributed by atoms with Gasteiger partial charge in [0.25, 0.3) is 0 Å². The lowest BCUT2D eigenvalue weighted by molar-refractivity contribution is -0.141. The summed E-state index contributed by atoms with van der Waals surface area (Å²) < 4.78 is 5.61. The van der Waals surface area contributed by atoms with E-state index in [1.54, 1.807) is 11.3 Å². The van der Waals surface area contributed by atoms with Crippen molar-refractivity contribution in [2.24, 2.45) is 0 Å². The molecule has 2 rings (SSSR count). The van der Waals surface area contributed by atoms with Gasteiger partial charge in [0.2, 0.25) is 5.91 Å². The molecule has 0 radical (unpaired) electrons. The van der Waals surface area contributed by atoms with Crippen LogP contribution in [0.3, 0.4) is 0 Å². The van der Waals surface area contributed by atoms with E-state index in [2.05, 4.69) is 10.1 Å². The minimum absolute atomic E-state index is 0.102. The number of benzene rings is 1. The molecule has 2 aromatic rings. The van der Waals surface area contributed by atoms with Crippen LogP contribution in [-0.2, 0) is 14.3 Å². The summed E-state index contributed by atoms with van der Waals surface area (Å²) in [6.07, 6.45) is 0.237. The Balaban J connectivity index is 2.01. The molecule has 1 heterocycles. The Bertz CT molecular complexity index is 576. The second kappa shape index (κ2) is 5.64. The van der Waals surface area contributed by atoms with E-state index < -0.39 is 0 Å². The van der Waals surface area contributed by atoms with E-state index in [-0.39, 0.29) is 24.7 Å². The van der Waals surface area contributed by atoms with Gasteiger partial charge in [0.15, 0.2) is 0 Å². The van der Waals surface area contributed by atoms with Gasteiger partial charge in [-0.3, -0.25) is 9.59 Å². The first-order valence-electron chi connectivity index (χ1n) is 5.53. The van der Waals surface area contributed by atoms with Gasteiger partial charge in [0.05, 0.1) is 19.2 Å². The summed E-state index contributed by atoms with van der Waals surface area (Å²) in [5, 5.41) is 5.73. The van der Waals surface area contributed by atoms with Crippen molar-refractivity contribution in [3.8, 4) is 0 Å². The number of fused-ring (bicyclic) bond motifs is 1. The number of carbonyl (C=O) groups excluding carboxylic acids is 2. The molecule has 0 unspecified atom stereocenters. The predicted molar refractivity (Wildman–Crippen MR) is 71.7 cm³/mol. The number of rotatable bonds is 4. The Morgan fingerprint density at radius 1 is 1.28 bits per heavy atom. The van der Waals surface area contributed by atoms with Gasteiger partial charge in [0, 0.05) is 21.9 Å². The fraction of sp³-hybridized carbons (Fsp3) is 0.231. The zero-order chi connectivity index (χ0) is 13.0. The van der Waals surface area contributed by atoms with Crippen LogP contribution in [0.15, 0.2) is 29.6 Å². The third-order valence-corrected chi connectivity index (χ3v) is 3.50. The Kier molecular flexibility index (Phi) is 3.94. The molecule has 1 N–H and O–H groups in total. The maximum absolute atomic E-state index is 11.7. The first-order chi connectivity index (χ1) is 8.70. The van der Waals surface area contributed by atoms with Crippen LogP contribution in [0, 0.1) is 0 Å². The van der Waals surface area contributed by atoms with Crippen molar-refractivity contribution >= 4 is 39.0 Å². The lowest BCUT2D eigenvalue weighted by Gasteiger charge is -2.03. The highest BCUT2D eigenvalue weighted by Gasteiger charge is 2.09. The Hall–Kier alpha value is -1.88. The van der Waals surface area contributed by atoms with E-state index in [1.807, 2.05) is 29.6 Å². The van der Waals surface area contributed by atoms with Gasteiger partial charge in [0.1, 0.15) is 0 Å². The molecule has 94 valence electrons. The molecule has 0 atom stereocenters. The van der Waals surface area contributed by atoms with Gasteiger partial charge in [-0.15, -0.1) is 11.3 Å². The average Bonchev–Trinajstić information content (AvgIpc) is 2.79. The number of anilines is 1. The molecule has 18 heavy (non-hydrogen) atoms. The van der Waals surface area contributed by atoms with Crippen LogP contribution in [0.5, 0.6) is 0 Å². The van der Waals surface area contributed by atoms with Crippen LogP contribution in [-0.4, -0.2) is 19.0 Å². The molecular weight excluding hydrogens is 250 g/mol. The number of thiophene rings is 1. The van der Waals surface area contributed by atoms with Gasteiger partial charge in [-0.1, -0.05) is 18.2 Å². The van der Waals surface area contributed by atoms with Crippen LogP contribution in [0.25, 0.3) is 10.1 Å². The van der Waals surface area contributed by atoms with Crippen molar-refractivity contribution in [2.45, 2.75) is 12.8 Å². The monoisotopic (exact) mass is 263 g/mol. The molecule has 0 fully saturated rings. The number of carbonyl (C=O) groups is 2. The molecular formula is C13H13NO3S. The van der Waals surface area contributed by atoms with Crippen LogP contribution in [0.2, 0.25) is 0 Å². The number of hydrogen-bond acceptors (Lipinski definition) is 4. The average molecular weight is 263 g/mol. The highest BCUT2D eigenvalue weighted by Crippen LogP contribution is 2.29. The fourth-order valence-electron chi connectivity index (χ4n) is 1.60. The summed E-state index contributed by atoms with van der Waals surface area (Å²) in [4.78, 5) is 22.6. The summed E-state index contributed by atoms with van der Waals surface area (Å²) in [6, 6.07) is 7.85. The minimum atomic E-state index is -0.375. The maximum atomic E-state index is 11.7. The van der Waals surface area contributed by atoms with E-state index in [0.29, 0.717) is 0 Å². The molecule has 0 aliphatic rings. The van der Waals surface area contributed by atoms with Gasteiger partial charge in [-0.05, 0) is 6.07 Å². The molecule has 0 spiro atoms. The van der Waals surface area contributed by atoms with Crippen LogP contribution in [0.1, 0.15) is 12.8 Å². The largest absolute Gasteiger partial charge is 0.469 e. The normalized spacial score (nSPS) is 10.3. The van der Waals surface area contributed by atoms with E-state index >= 15 is 0 Å². The molecule has 4 nitrogen and oxygen atoms in total. The third-order valence-electron chi connectivity index (χ3n) is 2.54. The van der Waals surface area contributed by atoms with Crippen molar-refractivity contribution < 1.29 is 14.3 Å². The van der Waals surface area contributed by atoms with Crippen molar-refractivity contribution in [2.75, 3.05) is 12.4 Å². The molecule has 0 aliphatic heterocycles. The molecule has 1 amide bonds. The number of esters is 1. The van der Waals surface area contributed by atoms with Gasteiger partial charge in [-0.25, -0.2) is 0 Å². The smallest absolute Gasteiger partial charge is 0.306 e. The fourth-order valence-corrected chi connectivity index (χ4v) is 2.50. The quantitative estimate of drug-likeness (QED) is 0.863. The first-order valence-corrected chi connectivity index (χ1v) is 6.41. The predicted octanol–water partition coefficient (Wildman–Crippen LogP) is 2.79. The summed E-state index contributed by atoms with van der Waals surface area (Å²) in [5.41, 5.74) is 0.797.